The molecule has 0 spiro atoms. The van der Waals surface area contributed by atoms with Gasteiger partial charge in [-0.15, -0.1) is 0 Å². The van der Waals surface area contributed by atoms with Gasteiger partial charge in [0.25, 0.3) is 0 Å². The number of pyridine rings is 3. The number of imidazole rings is 3. The van der Waals surface area contributed by atoms with E-state index in [9.17, 15) is 44.1 Å². The van der Waals surface area contributed by atoms with Gasteiger partial charge in [-0.05, 0) is 134 Å². The summed E-state index contributed by atoms with van der Waals surface area (Å²) in [5, 5.41) is 32.1. The Morgan fingerprint density at radius 2 is 0.898 bits per heavy atom. The van der Waals surface area contributed by atoms with Gasteiger partial charge in [0.1, 0.15) is 0 Å². The Balaban J connectivity index is 0.000000140. The second-order valence-corrected chi connectivity index (χ2v) is 25.5. The topological polar surface area (TPSA) is 246 Å². The highest BCUT2D eigenvalue weighted by Gasteiger charge is 2.29. The van der Waals surface area contributed by atoms with E-state index in [1.54, 1.807) is 52.1 Å². The molecular weight excluding hydrogens is 1240 g/mol. The third-order valence-electron chi connectivity index (χ3n) is 18.7. The minimum atomic E-state index is -0.973. The summed E-state index contributed by atoms with van der Waals surface area (Å²) in [4.78, 5) is 89.9. The Bertz CT molecular complexity index is 5560. The molecule has 0 saturated heterocycles. The summed E-state index contributed by atoms with van der Waals surface area (Å²) in [5.41, 5.74) is 16.3. The molecule has 9 heterocycles. The predicted molar refractivity (Wildman–Crippen MR) is 382 cm³/mol. The zero-order valence-corrected chi connectivity index (χ0v) is 56.3. The van der Waals surface area contributed by atoms with Crippen LogP contribution in [0.15, 0.2) is 191 Å². The molecule has 0 aliphatic heterocycles. The van der Waals surface area contributed by atoms with Gasteiger partial charge in [-0.25, -0.2) is 24.4 Å². The molecule has 3 N–H and O–H groups in total. The summed E-state index contributed by atoms with van der Waals surface area (Å²) >= 11 is 0. The molecule has 0 saturated carbocycles. The van der Waals surface area contributed by atoms with Crippen LogP contribution in [-0.4, -0.2) is 89.3 Å². The molecule has 500 valence electrons. The molecule has 0 radical (unpaired) electrons. The normalized spacial score (nSPS) is 12.5. The average molecular weight is 1320 g/mol. The third-order valence-corrected chi connectivity index (χ3v) is 18.7. The van der Waals surface area contributed by atoms with Crippen LogP contribution < -0.4 is 17.1 Å². The second-order valence-electron chi connectivity index (χ2n) is 25.5. The van der Waals surface area contributed by atoms with E-state index in [1.165, 1.54) is 0 Å². The van der Waals surface area contributed by atoms with Gasteiger partial charge < -0.3 is 29.0 Å². The number of carbonyl (C=O) groups is 3. The number of benzene rings is 5. The largest absolute Gasteiger partial charge is 0.481 e. The molecule has 0 aliphatic carbocycles. The van der Waals surface area contributed by atoms with Crippen molar-refractivity contribution in [3.05, 3.63) is 264 Å². The van der Waals surface area contributed by atoms with Crippen molar-refractivity contribution in [1.29, 1.82) is 0 Å². The summed E-state index contributed by atoms with van der Waals surface area (Å²) in [6.45, 7) is 13.2. The maximum absolute atomic E-state index is 13.9. The monoisotopic (exact) mass is 1310 g/mol. The number of hydrogen-bond donors (Lipinski definition) is 3. The molecule has 21 nitrogen and oxygen atoms in total. The van der Waals surface area contributed by atoms with Crippen LogP contribution >= 0.6 is 0 Å². The van der Waals surface area contributed by atoms with Crippen LogP contribution in [-0.2, 0) is 55.2 Å². The van der Waals surface area contributed by atoms with Crippen molar-refractivity contribution < 1.29 is 29.7 Å². The van der Waals surface area contributed by atoms with Crippen LogP contribution in [0.3, 0.4) is 0 Å². The summed E-state index contributed by atoms with van der Waals surface area (Å²) in [7, 11) is 6.00. The molecule has 0 unspecified atom stereocenters. The third kappa shape index (κ3) is 12.8. The standard InChI is InChI=1S/C27H26N4O3.C26H24N4O3.C24H28N4O3/c1-17-8-7-11-21-25(17)20(15-29(21)3)16-30-22-13-12-18(2)28-26(22)31(27(30)34)23(14-24(32)33)19-9-5-4-6-10-19;1-17-7-6-10-21-25(17)19(15-28(21)2)16-29-23-14-27-12-11-20(23)30(26(29)33)22(13-24(31)32)18-8-4-3-5-9-18;1-5-7-18(11-21(29)30)28-23-20(10-15(2)12-25-23)27(24(28)31)14-17-13-26(4)19-9-6-8-16(3)22(17)19/h4-13,15,23H,14,16H2,1-3H3,(H,32,33);3-12,14-15,22H,13,16H2,1-2H3,(H,31,32);6,8-10,12-13,18H,5,7,11,14H2,1-4H3,(H,29,30)/t23-;22-;18-/m110/s1. The Labute approximate surface area is 563 Å². The first-order valence-corrected chi connectivity index (χ1v) is 32.7. The predicted octanol–water partition coefficient (Wildman–Crippen LogP) is 12.7. The van der Waals surface area contributed by atoms with Crippen LogP contribution in [0, 0.1) is 34.6 Å². The van der Waals surface area contributed by atoms with Crippen LogP contribution in [0.25, 0.3) is 66.1 Å². The fourth-order valence-electron chi connectivity index (χ4n) is 14.3. The highest BCUT2D eigenvalue weighted by Crippen LogP contribution is 2.33. The molecule has 21 heteroatoms. The quantitative estimate of drug-likeness (QED) is 0.0684. The van der Waals surface area contributed by atoms with Crippen LogP contribution in [0.5, 0.6) is 0 Å². The van der Waals surface area contributed by atoms with Gasteiger partial charge in [0.05, 0.1) is 85.3 Å². The van der Waals surface area contributed by atoms with Gasteiger partial charge in [0.2, 0.25) is 0 Å². The zero-order valence-electron chi connectivity index (χ0n) is 56.3. The van der Waals surface area contributed by atoms with Crippen molar-refractivity contribution >= 4 is 84.0 Å². The maximum Gasteiger partial charge on any atom is 0.331 e. The number of carboxylic acid groups (broad SMARTS) is 3. The van der Waals surface area contributed by atoms with Crippen molar-refractivity contribution in [2.75, 3.05) is 0 Å². The number of aromatic nitrogens is 12. The summed E-state index contributed by atoms with van der Waals surface area (Å²) < 4.78 is 16.1. The average Bonchev–Trinajstić information content (AvgIpc) is 1.61. The lowest BCUT2D eigenvalue weighted by molar-refractivity contribution is -0.138. The number of fused-ring (bicyclic) bond motifs is 6. The van der Waals surface area contributed by atoms with Crippen LogP contribution in [0.2, 0.25) is 0 Å². The van der Waals surface area contributed by atoms with Crippen LogP contribution in [0.1, 0.15) is 113 Å². The Hall–Kier alpha value is -11.6. The molecule has 0 amide bonds. The van der Waals surface area contributed by atoms with E-state index in [0.717, 1.165) is 100 Å². The maximum atomic E-state index is 13.9. The Kier molecular flexibility index (Phi) is 18.7. The number of aliphatic carboxylic acids is 3. The number of nitrogens with zero attached hydrogens (tertiary/aromatic N) is 12. The first-order valence-electron chi connectivity index (χ1n) is 32.7. The summed E-state index contributed by atoms with van der Waals surface area (Å²) in [6.07, 6.45) is 12.1. The van der Waals surface area contributed by atoms with Gasteiger partial charge >= 0.3 is 35.0 Å². The molecule has 14 aromatic rings. The van der Waals surface area contributed by atoms with Crippen molar-refractivity contribution in [3.63, 3.8) is 0 Å². The van der Waals surface area contributed by atoms with Crippen molar-refractivity contribution in [3.8, 4) is 0 Å². The van der Waals surface area contributed by atoms with E-state index < -0.39 is 36.0 Å². The number of aryl methyl sites for hydroxylation is 8. The highest BCUT2D eigenvalue weighted by atomic mass is 16.4. The van der Waals surface area contributed by atoms with Gasteiger partial charge in [0, 0.05) is 90.5 Å². The molecule has 14 rings (SSSR count). The molecular formula is C77H78N12O9. The Morgan fingerprint density at radius 1 is 0.449 bits per heavy atom. The lowest BCUT2D eigenvalue weighted by Gasteiger charge is -2.17. The molecule has 0 aliphatic rings. The first kappa shape index (κ1) is 66.4. The minimum absolute atomic E-state index is 0.101. The second kappa shape index (κ2) is 27.6. The number of hydrogen-bond acceptors (Lipinski definition) is 9. The van der Waals surface area contributed by atoms with E-state index in [1.807, 2.05) is 139 Å². The van der Waals surface area contributed by atoms with Gasteiger partial charge in [-0.1, -0.05) is 110 Å². The van der Waals surface area contributed by atoms with Gasteiger partial charge in [-0.3, -0.25) is 46.8 Å². The van der Waals surface area contributed by atoms with Crippen molar-refractivity contribution in [2.24, 2.45) is 21.1 Å². The molecule has 3 atom stereocenters. The molecule has 5 aromatic carbocycles. The van der Waals surface area contributed by atoms with E-state index in [0.29, 0.717) is 53.9 Å². The fraction of sp³-hybridized carbons (Fsp3) is 0.260. The summed E-state index contributed by atoms with van der Waals surface area (Å²) in [5.74, 6) is -2.85. The smallest absolute Gasteiger partial charge is 0.331 e. The molecule has 0 fully saturated rings. The van der Waals surface area contributed by atoms with E-state index in [-0.39, 0.29) is 36.3 Å². The Morgan fingerprint density at radius 3 is 1.38 bits per heavy atom. The molecule has 9 aromatic heterocycles. The number of rotatable bonds is 19. The van der Waals surface area contributed by atoms with E-state index in [4.69, 9.17) is 0 Å². The highest BCUT2D eigenvalue weighted by molar-refractivity contribution is 5.90. The summed E-state index contributed by atoms with van der Waals surface area (Å²) in [6, 6.07) is 42.9. The first-order chi connectivity index (χ1) is 47.1. The lowest BCUT2D eigenvalue weighted by Crippen LogP contribution is -2.29. The SMILES string of the molecule is CCC[C@@H](CC(=O)O)n1c(=O)n(Cc2cn(C)c3cccc(C)c23)c2cc(C)cnc21.Cc1ccc2c(n1)n([C@H](CC(=O)O)c1ccccc1)c(=O)n2Cc1cn(C)c2cccc(C)c12.Cc1cccc2c1c(Cn1c(=O)n([C@H](CC(=O)O)c3ccccc3)c3ccncc31)cn2C. The number of carboxylic acids is 3. The van der Waals surface area contributed by atoms with E-state index in [2.05, 4.69) is 104 Å². The van der Waals surface area contributed by atoms with E-state index >= 15 is 0 Å². The lowest BCUT2D eigenvalue weighted by atomic mass is 10.0. The van der Waals surface area contributed by atoms with Crippen molar-refractivity contribution in [2.45, 2.75) is 111 Å². The molecule has 98 heavy (non-hydrogen) atoms. The van der Waals surface area contributed by atoms with Crippen molar-refractivity contribution in [1.82, 2.24) is 56.1 Å². The molecule has 0 bridgehead atoms. The zero-order chi connectivity index (χ0) is 69.4. The van der Waals surface area contributed by atoms with Crippen LogP contribution in [0.4, 0.5) is 0 Å². The van der Waals surface area contributed by atoms with Gasteiger partial charge in [0.15, 0.2) is 11.3 Å². The van der Waals surface area contributed by atoms with Gasteiger partial charge in [-0.2, -0.15) is 0 Å². The minimum Gasteiger partial charge on any atom is -0.481 e. The fourth-order valence-corrected chi connectivity index (χ4v) is 14.3.